The summed E-state index contributed by atoms with van der Waals surface area (Å²) in [6.45, 7) is 0.701. The van der Waals surface area contributed by atoms with E-state index in [-0.39, 0.29) is 23.8 Å². The third-order valence-corrected chi connectivity index (χ3v) is 3.18. The molecule has 0 aromatic heterocycles. The molecule has 2 heterocycles. The number of imide groups is 1. The molecule has 0 bridgehead atoms. The predicted molar refractivity (Wildman–Crippen MR) is 60.0 cm³/mol. The Morgan fingerprint density at radius 1 is 1.00 bits per heavy atom. The van der Waals surface area contributed by atoms with Crippen LogP contribution in [-0.2, 0) is 14.4 Å². The van der Waals surface area contributed by atoms with Gasteiger partial charge >= 0.3 is 0 Å². The number of carbonyl (C=O) groups excluding carboxylic acids is 3. The molecule has 0 saturated carbocycles. The van der Waals surface area contributed by atoms with Crippen molar-refractivity contribution in [2.45, 2.75) is 44.2 Å². The molecule has 0 spiro atoms. The van der Waals surface area contributed by atoms with Crippen molar-refractivity contribution in [3.05, 3.63) is 0 Å². The van der Waals surface area contributed by atoms with Gasteiger partial charge in [-0.15, -0.1) is 0 Å². The molecule has 0 aliphatic carbocycles. The molecule has 2 aliphatic rings. The molecule has 2 unspecified atom stereocenters. The highest BCUT2D eigenvalue weighted by Crippen LogP contribution is 2.10. The number of hydrogen-bond acceptors (Lipinski definition) is 4. The van der Waals surface area contributed by atoms with Crippen LogP contribution < -0.4 is 16.0 Å². The molecule has 17 heavy (non-hydrogen) atoms. The highest BCUT2D eigenvalue weighted by Gasteiger charge is 2.31. The first-order valence-corrected chi connectivity index (χ1v) is 6.04. The van der Waals surface area contributed by atoms with E-state index in [1.807, 2.05) is 0 Å². The minimum Gasteiger partial charge on any atom is -0.355 e. The van der Waals surface area contributed by atoms with Gasteiger partial charge in [-0.1, -0.05) is 0 Å². The SMILES string of the molecule is O=C1CCC(NC2CCCCNC2=O)C(=O)N1. The van der Waals surface area contributed by atoms with Crippen LogP contribution in [-0.4, -0.2) is 36.3 Å². The second-order valence-corrected chi connectivity index (χ2v) is 4.51. The van der Waals surface area contributed by atoms with Gasteiger partial charge in [-0.2, -0.15) is 0 Å². The summed E-state index contributed by atoms with van der Waals surface area (Å²) in [6, 6.07) is -0.747. The van der Waals surface area contributed by atoms with Crippen LogP contribution in [0.1, 0.15) is 32.1 Å². The summed E-state index contributed by atoms with van der Waals surface area (Å²) >= 11 is 0. The molecule has 2 saturated heterocycles. The molecule has 2 atom stereocenters. The van der Waals surface area contributed by atoms with Gasteiger partial charge in [0.15, 0.2) is 0 Å². The van der Waals surface area contributed by atoms with E-state index < -0.39 is 6.04 Å². The molecule has 0 aromatic carbocycles. The van der Waals surface area contributed by atoms with Crippen LogP contribution in [0.3, 0.4) is 0 Å². The van der Waals surface area contributed by atoms with E-state index in [0.717, 1.165) is 19.3 Å². The maximum atomic E-state index is 11.7. The standard InChI is InChI=1S/C11H17N3O3/c15-9-5-4-8(11(17)14-9)13-7-3-1-2-6-12-10(7)16/h7-8,13H,1-6H2,(H,12,16)(H,14,15,17). The molecule has 6 heteroatoms. The van der Waals surface area contributed by atoms with Crippen LogP contribution in [0.4, 0.5) is 0 Å². The maximum Gasteiger partial charge on any atom is 0.243 e. The fourth-order valence-corrected chi connectivity index (χ4v) is 2.19. The molecular weight excluding hydrogens is 222 g/mol. The van der Waals surface area contributed by atoms with Crippen LogP contribution in [0, 0.1) is 0 Å². The van der Waals surface area contributed by atoms with Gasteiger partial charge in [-0.05, 0) is 25.7 Å². The number of amides is 3. The van der Waals surface area contributed by atoms with Gasteiger partial charge in [-0.25, -0.2) is 0 Å². The van der Waals surface area contributed by atoms with Crippen LogP contribution in [0.2, 0.25) is 0 Å². The molecule has 0 aromatic rings. The minimum absolute atomic E-state index is 0.0489. The highest BCUT2D eigenvalue weighted by molar-refractivity contribution is 6.00. The Morgan fingerprint density at radius 3 is 2.53 bits per heavy atom. The van der Waals surface area contributed by atoms with E-state index in [1.54, 1.807) is 0 Å². The van der Waals surface area contributed by atoms with Crippen molar-refractivity contribution in [2.75, 3.05) is 6.54 Å². The van der Waals surface area contributed by atoms with Crippen molar-refractivity contribution in [3.8, 4) is 0 Å². The van der Waals surface area contributed by atoms with Crippen molar-refractivity contribution >= 4 is 17.7 Å². The summed E-state index contributed by atoms with van der Waals surface area (Å²) in [4.78, 5) is 34.2. The van der Waals surface area contributed by atoms with E-state index in [4.69, 9.17) is 0 Å². The van der Waals surface area contributed by atoms with Gasteiger partial charge in [0.1, 0.15) is 0 Å². The predicted octanol–water partition coefficient (Wildman–Crippen LogP) is -0.950. The Kier molecular flexibility index (Phi) is 3.73. The lowest BCUT2D eigenvalue weighted by Gasteiger charge is -2.25. The molecule has 3 amide bonds. The van der Waals surface area contributed by atoms with Crippen molar-refractivity contribution in [1.82, 2.24) is 16.0 Å². The van der Waals surface area contributed by atoms with Crippen LogP contribution >= 0.6 is 0 Å². The molecule has 6 nitrogen and oxygen atoms in total. The van der Waals surface area contributed by atoms with Crippen molar-refractivity contribution in [1.29, 1.82) is 0 Å². The normalized spacial score (nSPS) is 30.5. The smallest absolute Gasteiger partial charge is 0.243 e. The summed E-state index contributed by atoms with van der Waals surface area (Å²) in [5.41, 5.74) is 0. The molecule has 94 valence electrons. The van der Waals surface area contributed by atoms with E-state index in [9.17, 15) is 14.4 Å². The second kappa shape index (κ2) is 5.27. The fraction of sp³-hybridized carbons (Fsp3) is 0.727. The first kappa shape index (κ1) is 12.0. The monoisotopic (exact) mass is 239 g/mol. The zero-order chi connectivity index (χ0) is 12.3. The Hall–Kier alpha value is -1.43. The lowest BCUT2D eigenvalue weighted by atomic mass is 10.0. The van der Waals surface area contributed by atoms with Gasteiger partial charge in [0.25, 0.3) is 0 Å². The molecule has 2 fully saturated rings. The second-order valence-electron chi connectivity index (χ2n) is 4.51. The number of nitrogens with one attached hydrogen (secondary N) is 3. The van der Waals surface area contributed by atoms with Crippen molar-refractivity contribution < 1.29 is 14.4 Å². The Morgan fingerprint density at radius 2 is 1.76 bits per heavy atom. The summed E-state index contributed by atoms with van der Waals surface area (Å²) in [5, 5.41) is 8.13. The third kappa shape index (κ3) is 3.03. The lowest BCUT2D eigenvalue weighted by Crippen LogP contribution is -2.56. The fourth-order valence-electron chi connectivity index (χ4n) is 2.19. The lowest BCUT2D eigenvalue weighted by molar-refractivity contribution is -0.135. The summed E-state index contributed by atoms with van der Waals surface area (Å²) in [6.07, 6.45) is 3.47. The van der Waals surface area contributed by atoms with Gasteiger partial charge < -0.3 is 5.32 Å². The van der Waals surface area contributed by atoms with Gasteiger partial charge in [0.05, 0.1) is 12.1 Å². The third-order valence-electron chi connectivity index (χ3n) is 3.18. The number of hydrogen-bond donors (Lipinski definition) is 3. The first-order chi connectivity index (χ1) is 8.16. The number of rotatable bonds is 2. The van der Waals surface area contributed by atoms with Crippen LogP contribution in [0.25, 0.3) is 0 Å². The quantitative estimate of drug-likeness (QED) is 0.542. The van der Waals surface area contributed by atoms with Crippen molar-refractivity contribution in [3.63, 3.8) is 0 Å². The van der Waals surface area contributed by atoms with Crippen LogP contribution in [0.15, 0.2) is 0 Å². The topological polar surface area (TPSA) is 87.3 Å². The summed E-state index contributed by atoms with van der Waals surface area (Å²) in [7, 11) is 0. The average molecular weight is 239 g/mol. The Balaban J connectivity index is 1.92. The highest BCUT2D eigenvalue weighted by atomic mass is 16.2. The molecule has 0 radical (unpaired) electrons. The molecular formula is C11H17N3O3. The summed E-state index contributed by atoms with van der Waals surface area (Å²) < 4.78 is 0. The minimum atomic E-state index is -0.429. The zero-order valence-electron chi connectivity index (χ0n) is 9.62. The van der Waals surface area contributed by atoms with E-state index in [2.05, 4.69) is 16.0 Å². The maximum absolute atomic E-state index is 11.7. The van der Waals surface area contributed by atoms with Crippen molar-refractivity contribution in [2.24, 2.45) is 0 Å². The molecule has 2 rings (SSSR count). The van der Waals surface area contributed by atoms with E-state index in [1.165, 1.54) is 0 Å². The molecule has 3 N–H and O–H groups in total. The zero-order valence-corrected chi connectivity index (χ0v) is 9.62. The summed E-state index contributed by atoms with van der Waals surface area (Å²) in [5.74, 6) is -0.608. The number of carbonyl (C=O) groups is 3. The van der Waals surface area contributed by atoms with E-state index in [0.29, 0.717) is 19.4 Å². The average Bonchev–Trinajstić information content (AvgIpc) is 2.48. The molecule has 2 aliphatic heterocycles. The Labute approximate surface area is 99.5 Å². The number of piperidine rings is 1. The van der Waals surface area contributed by atoms with E-state index >= 15 is 0 Å². The first-order valence-electron chi connectivity index (χ1n) is 6.04. The largest absolute Gasteiger partial charge is 0.355 e. The van der Waals surface area contributed by atoms with Gasteiger partial charge in [0, 0.05) is 13.0 Å². The van der Waals surface area contributed by atoms with Crippen LogP contribution in [0.5, 0.6) is 0 Å². The van der Waals surface area contributed by atoms with Gasteiger partial charge in [-0.3, -0.25) is 25.0 Å². The Bertz CT molecular complexity index is 343. The van der Waals surface area contributed by atoms with Gasteiger partial charge in [0.2, 0.25) is 17.7 Å².